The quantitative estimate of drug-likeness (QED) is 0.293. The Morgan fingerprint density at radius 3 is 2.27 bits per heavy atom. The topological polar surface area (TPSA) is 30.5 Å². The van der Waals surface area contributed by atoms with E-state index in [4.69, 9.17) is 9.47 Å². The van der Waals surface area contributed by atoms with E-state index in [0.29, 0.717) is 11.3 Å². The molecule has 0 amide bonds. The molecule has 37 heavy (non-hydrogen) atoms. The number of rotatable bonds is 6. The molecule has 3 aromatic carbocycles. The molecule has 0 saturated carbocycles. The standard InChI is InChI=1S/C26H19F8NO2/c1-36-21-7-3-2-6-15(21)24-16-10-18(27)14(5-4-8-25(29,30)31)9-22(16)37-23-12-20(19(28)11-17(23)24)35-13-26(32,33)34/h2-3,5-7,9-12,35H,4,8,13H2,1H3/b14-5-. The largest absolute Gasteiger partial charge is 0.496 e. The average molecular weight is 529 g/mol. The monoisotopic (exact) mass is 529 g/mol. The summed E-state index contributed by atoms with van der Waals surface area (Å²) in [4.78, 5) is 0. The Balaban J connectivity index is 1.93. The molecule has 0 unspecified atom stereocenters. The van der Waals surface area contributed by atoms with Gasteiger partial charge in [-0.15, -0.1) is 0 Å². The highest BCUT2D eigenvalue weighted by molar-refractivity contribution is 5.88. The second-order valence-corrected chi connectivity index (χ2v) is 8.20. The summed E-state index contributed by atoms with van der Waals surface area (Å²) in [6.45, 7) is -1.49. The minimum absolute atomic E-state index is 0.0291. The predicted octanol–water partition coefficient (Wildman–Crippen LogP) is 6.42. The van der Waals surface area contributed by atoms with Crippen LogP contribution in [-0.4, -0.2) is 26.0 Å². The summed E-state index contributed by atoms with van der Waals surface area (Å²) in [6.07, 6.45) is -9.59. The smallest absolute Gasteiger partial charge is 0.405 e. The fourth-order valence-electron chi connectivity index (χ4n) is 3.97. The second kappa shape index (κ2) is 9.95. The normalized spacial score (nSPS) is 13.6. The van der Waals surface area contributed by atoms with E-state index in [1.54, 1.807) is 24.3 Å². The molecule has 1 N–H and O–H groups in total. The summed E-state index contributed by atoms with van der Waals surface area (Å²) in [6, 6.07) is 10.9. The maximum atomic E-state index is 15.0. The van der Waals surface area contributed by atoms with Crippen LogP contribution in [0.4, 0.5) is 40.8 Å². The lowest BCUT2D eigenvalue weighted by molar-refractivity contribution is -0.133. The Kier molecular flexibility index (Phi) is 7.07. The Bertz CT molecular complexity index is 1440. The van der Waals surface area contributed by atoms with Crippen molar-refractivity contribution >= 4 is 17.3 Å². The van der Waals surface area contributed by atoms with E-state index >= 15 is 0 Å². The van der Waals surface area contributed by atoms with Crippen molar-refractivity contribution in [3.05, 3.63) is 81.7 Å². The zero-order valence-corrected chi connectivity index (χ0v) is 19.2. The van der Waals surface area contributed by atoms with Crippen LogP contribution < -0.4 is 25.2 Å². The summed E-state index contributed by atoms with van der Waals surface area (Å²) < 4.78 is 117. The van der Waals surface area contributed by atoms with Gasteiger partial charge in [0.1, 0.15) is 35.4 Å². The molecule has 11 heteroatoms. The number of benzene rings is 3. The lowest BCUT2D eigenvalue weighted by Crippen LogP contribution is -2.24. The van der Waals surface area contributed by atoms with Crippen LogP contribution in [0, 0.1) is 11.6 Å². The molecular formula is C26H19F8NO2. The molecule has 196 valence electrons. The van der Waals surface area contributed by atoms with E-state index < -0.39 is 49.1 Å². The third kappa shape index (κ3) is 5.98. The van der Waals surface area contributed by atoms with E-state index in [0.717, 1.165) is 24.3 Å². The third-order valence-corrected chi connectivity index (χ3v) is 5.57. The molecule has 1 aliphatic heterocycles. The molecule has 3 aromatic rings. The fourth-order valence-corrected chi connectivity index (χ4v) is 3.97. The highest BCUT2D eigenvalue weighted by Crippen LogP contribution is 2.41. The number of hydrogen-bond acceptors (Lipinski definition) is 3. The molecule has 1 aliphatic rings. The molecular weight excluding hydrogens is 510 g/mol. The number of nitrogens with one attached hydrogen (secondary N) is 1. The predicted molar refractivity (Wildman–Crippen MR) is 121 cm³/mol. The summed E-state index contributed by atoms with van der Waals surface area (Å²) >= 11 is 0. The van der Waals surface area contributed by atoms with Crippen molar-refractivity contribution in [2.45, 2.75) is 25.2 Å². The first-order valence-corrected chi connectivity index (χ1v) is 10.9. The number of halogens is 8. The van der Waals surface area contributed by atoms with Gasteiger partial charge in [-0.1, -0.05) is 24.3 Å². The molecule has 0 saturated heterocycles. The van der Waals surface area contributed by atoms with Gasteiger partial charge in [-0.2, -0.15) is 26.3 Å². The van der Waals surface area contributed by atoms with Crippen LogP contribution in [-0.2, 0) is 0 Å². The minimum atomic E-state index is -4.61. The molecule has 3 nitrogen and oxygen atoms in total. The van der Waals surface area contributed by atoms with Crippen LogP contribution in [0.15, 0.2) is 48.5 Å². The summed E-state index contributed by atoms with van der Waals surface area (Å²) in [5, 5.41) is 2.00. The number of fused-ring (bicyclic) bond motifs is 2. The van der Waals surface area contributed by atoms with Crippen LogP contribution in [0.1, 0.15) is 24.0 Å². The van der Waals surface area contributed by atoms with E-state index in [9.17, 15) is 35.1 Å². The van der Waals surface area contributed by atoms with Crippen LogP contribution in [0.5, 0.6) is 17.2 Å². The van der Waals surface area contributed by atoms with Crippen molar-refractivity contribution in [2.24, 2.45) is 0 Å². The van der Waals surface area contributed by atoms with E-state index in [1.165, 1.54) is 13.2 Å². The first kappa shape index (κ1) is 26.3. The molecule has 0 atom stereocenters. The van der Waals surface area contributed by atoms with Crippen molar-refractivity contribution in [3.8, 4) is 17.2 Å². The van der Waals surface area contributed by atoms with Crippen LogP contribution in [0.3, 0.4) is 0 Å². The number of ether oxygens (including phenoxy) is 2. The van der Waals surface area contributed by atoms with Gasteiger partial charge in [-0.25, -0.2) is 8.78 Å². The number of hydrogen-bond donors (Lipinski definition) is 1. The Morgan fingerprint density at radius 1 is 0.865 bits per heavy atom. The van der Waals surface area contributed by atoms with Crippen LogP contribution in [0.2, 0.25) is 0 Å². The molecule has 0 spiro atoms. The highest BCUT2D eigenvalue weighted by Gasteiger charge is 2.29. The van der Waals surface area contributed by atoms with Gasteiger partial charge in [-0.3, -0.25) is 0 Å². The van der Waals surface area contributed by atoms with Gasteiger partial charge in [-0.05, 0) is 30.7 Å². The Labute approximate surface area is 205 Å². The van der Waals surface area contributed by atoms with Gasteiger partial charge in [0.15, 0.2) is 0 Å². The highest BCUT2D eigenvalue weighted by atomic mass is 19.4. The number of anilines is 1. The van der Waals surface area contributed by atoms with Crippen LogP contribution >= 0.6 is 0 Å². The molecule has 0 radical (unpaired) electrons. The first-order chi connectivity index (χ1) is 17.4. The van der Waals surface area contributed by atoms with Crippen molar-refractivity contribution in [1.82, 2.24) is 0 Å². The maximum absolute atomic E-state index is 15.0. The molecule has 0 aliphatic carbocycles. The zero-order valence-electron chi connectivity index (χ0n) is 19.2. The van der Waals surface area contributed by atoms with E-state index in [1.807, 2.05) is 5.32 Å². The van der Waals surface area contributed by atoms with Crippen molar-refractivity contribution < 1.29 is 44.6 Å². The summed E-state index contributed by atoms with van der Waals surface area (Å²) in [7, 11) is 1.39. The fraction of sp³-hybridized carbons (Fsp3) is 0.231. The average Bonchev–Trinajstić information content (AvgIpc) is 2.81. The zero-order chi connectivity index (χ0) is 27.0. The minimum Gasteiger partial charge on any atom is -0.496 e. The van der Waals surface area contributed by atoms with Gasteiger partial charge < -0.3 is 14.8 Å². The van der Waals surface area contributed by atoms with E-state index in [-0.39, 0.29) is 33.1 Å². The Morgan fingerprint density at radius 2 is 1.59 bits per heavy atom. The third-order valence-electron chi connectivity index (χ3n) is 5.57. The molecule has 1 heterocycles. The SMILES string of the molecule is COc1ccccc1C1=c2cc(F)/c(=C\CCC(F)(F)F)cc2Oc2cc(NCC(F)(F)F)c(F)cc21. The molecule has 4 rings (SSSR count). The number of para-hydroxylation sites is 1. The lowest BCUT2D eigenvalue weighted by Gasteiger charge is -2.23. The summed E-state index contributed by atoms with van der Waals surface area (Å²) in [5.74, 6) is -1.49. The first-order valence-electron chi connectivity index (χ1n) is 10.9. The number of alkyl halides is 6. The van der Waals surface area contributed by atoms with Crippen molar-refractivity contribution in [3.63, 3.8) is 0 Å². The summed E-state index contributed by atoms with van der Waals surface area (Å²) in [5.41, 5.74) is 0.341. The van der Waals surface area contributed by atoms with Crippen LogP contribution in [0.25, 0.3) is 11.6 Å². The maximum Gasteiger partial charge on any atom is 0.405 e. The molecule has 0 fully saturated rings. The Hall–Kier alpha value is -3.76. The van der Waals surface area contributed by atoms with Gasteiger partial charge in [0, 0.05) is 39.6 Å². The van der Waals surface area contributed by atoms with Crippen molar-refractivity contribution in [1.29, 1.82) is 0 Å². The van der Waals surface area contributed by atoms with Gasteiger partial charge in [0.05, 0.1) is 12.8 Å². The van der Waals surface area contributed by atoms with E-state index in [2.05, 4.69) is 0 Å². The molecule has 0 bridgehead atoms. The second-order valence-electron chi connectivity index (χ2n) is 8.20. The van der Waals surface area contributed by atoms with Gasteiger partial charge >= 0.3 is 12.4 Å². The number of methoxy groups -OCH3 is 1. The van der Waals surface area contributed by atoms with Gasteiger partial charge in [0.2, 0.25) is 0 Å². The molecule has 0 aromatic heterocycles. The van der Waals surface area contributed by atoms with Crippen molar-refractivity contribution in [2.75, 3.05) is 19.0 Å². The lowest BCUT2D eigenvalue weighted by atomic mass is 9.91. The van der Waals surface area contributed by atoms with Gasteiger partial charge in [0.25, 0.3) is 0 Å².